The molecule has 1 aliphatic heterocycles. The van der Waals surface area contributed by atoms with Crippen LogP contribution in [0.2, 0.25) is 0 Å². The Kier molecular flexibility index (Phi) is 6.34. The molecule has 4 rings (SSSR count). The number of nitrogens with zero attached hydrogens (tertiary/aromatic N) is 2. The zero-order chi connectivity index (χ0) is 19.9. The van der Waals surface area contributed by atoms with Gasteiger partial charge < -0.3 is 24.8 Å². The summed E-state index contributed by atoms with van der Waals surface area (Å²) in [6.45, 7) is 5.28. The van der Waals surface area contributed by atoms with E-state index in [-0.39, 0.29) is 0 Å². The molecule has 0 saturated heterocycles. The number of aromatic nitrogens is 1. The second-order valence-corrected chi connectivity index (χ2v) is 7.32. The number of rotatable bonds is 9. The highest BCUT2D eigenvalue weighted by molar-refractivity contribution is 5.79. The molecule has 0 unspecified atom stereocenters. The van der Waals surface area contributed by atoms with Gasteiger partial charge in [0.1, 0.15) is 0 Å². The van der Waals surface area contributed by atoms with Gasteiger partial charge in [0.2, 0.25) is 12.7 Å². The SMILES string of the molecule is CCNC(=NCc1ccnc(OCC2CC2)c1)NCCc1ccc2c(c1)OCO2. The molecule has 1 fully saturated rings. The minimum Gasteiger partial charge on any atom is -0.477 e. The van der Waals surface area contributed by atoms with Crippen LogP contribution >= 0.6 is 0 Å². The lowest BCUT2D eigenvalue weighted by Crippen LogP contribution is -2.38. The minimum atomic E-state index is 0.302. The zero-order valence-electron chi connectivity index (χ0n) is 16.8. The van der Waals surface area contributed by atoms with Gasteiger partial charge in [0.25, 0.3) is 0 Å². The first-order chi connectivity index (χ1) is 14.3. The standard InChI is InChI=1S/C22H28N4O3/c1-2-23-22(25-10-7-16-5-6-19-20(11-16)29-15-28-19)26-13-18-8-9-24-21(12-18)27-14-17-3-4-17/h5-6,8-9,11-12,17H,2-4,7,10,13-15H2,1H3,(H2,23,25,26). The van der Waals surface area contributed by atoms with Gasteiger partial charge >= 0.3 is 0 Å². The predicted octanol–water partition coefficient (Wildman–Crippen LogP) is 2.90. The quantitative estimate of drug-likeness (QED) is 0.501. The molecule has 2 N–H and O–H groups in total. The van der Waals surface area contributed by atoms with Crippen molar-refractivity contribution < 1.29 is 14.2 Å². The normalized spacial score (nSPS) is 15.3. The van der Waals surface area contributed by atoms with E-state index in [1.807, 2.05) is 24.3 Å². The maximum absolute atomic E-state index is 5.76. The van der Waals surface area contributed by atoms with E-state index in [4.69, 9.17) is 14.2 Å². The monoisotopic (exact) mass is 396 g/mol. The van der Waals surface area contributed by atoms with Crippen LogP contribution in [0, 0.1) is 5.92 Å². The lowest BCUT2D eigenvalue weighted by atomic mass is 10.1. The van der Waals surface area contributed by atoms with Gasteiger partial charge in [-0.3, -0.25) is 0 Å². The highest BCUT2D eigenvalue weighted by Gasteiger charge is 2.22. The van der Waals surface area contributed by atoms with Crippen molar-refractivity contribution >= 4 is 5.96 Å². The number of guanidine groups is 1. The van der Waals surface area contributed by atoms with Crippen LogP contribution in [-0.4, -0.2) is 37.4 Å². The lowest BCUT2D eigenvalue weighted by Gasteiger charge is -2.12. The van der Waals surface area contributed by atoms with Crippen molar-refractivity contribution in [3.63, 3.8) is 0 Å². The van der Waals surface area contributed by atoms with Gasteiger partial charge in [-0.15, -0.1) is 0 Å². The third-order valence-electron chi connectivity index (χ3n) is 4.87. The Morgan fingerprint density at radius 1 is 1.14 bits per heavy atom. The summed E-state index contributed by atoms with van der Waals surface area (Å²) in [6, 6.07) is 10.0. The molecule has 7 heteroatoms. The van der Waals surface area contributed by atoms with Crippen LogP contribution in [0.25, 0.3) is 0 Å². The summed E-state index contributed by atoms with van der Waals surface area (Å²) in [6.07, 6.45) is 5.20. The smallest absolute Gasteiger partial charge is 0.231 e. The van der Waals surface area contributed by atoms with Gasteiger partial charge in [0.15, 0.2) is 17.5 Å². The number of benzene rings is 1. The van der Waals surface area contributed by atoms with E-state index in [2.05, 4.69) is 33.6 Å². The van der Waals surface area contributed by atoms with Crippen molar-refractivity contribution in [1.29, 1.82) is 0 Å². The van der Waals surface area contributed by atoms with Crippen LogP contribution in [0.4, 0.5) is 0 Å². The Morgan fingerprint density at radius 3 is 2.90 bits per heavy atom. The number of fused-ring (bicyclic) bond motifs is 1. The van der Waals surface area contributed by atoms with Crippen LogP contribution in [0.5, 0.6) is 17.4 Å². The molecular formula is C22H28N4O3. The zero-order valence-corrected chi connectivity index (χ0v) is 16.8. The first-order valence-corrected chi connectivity index (χ1v) is 10.3. The minimum absolute atomic E-state index is 0.302. The molecule has 29 heavy (non-hydrogen) atoms. The summed E-state index contributed by atoms with van der Waals surface area (Å²) < 4.78 is 16.6. The number of pyridine rings is 1. The van der Waals surface area contributed by atoms with Crippen molar-refractivity contribution in [3.05, 3.63) is 47.7 Å². The predicted molar refractivity (Wildman–Crippen MR) is 112 cm³/mol. The molecule has 0 bridgehead atoms. The summed E-state index contributed by atoms with van der Waals surface area (Å²) in [5.41, 5.74) is 2.28. The van der Waals surface area contributed by atoms with Crippen LogP contribution in [-0.2, 0) is 13.0 Å². The second-order valence-electron chi connectivity index (χ2n) is 7.32. The Morgan fingerprint density at radius 2 is 2.03 bits per heavy atom. The average Bonchev–Trinajstić information content (AvgIpc) is 3.46. The topological polar surface area (TPSA) is 77.0 Å². The van der Waals surface area contributed by atoms with Gasteiger partial charge in [0.05, 0.1) is 13.2 Å². The van der Waals surface area contributed by atoms with E-state index in [9.17, 15) is 0 Å². The van der Waals surface area contributed by atoms with Crippen molar-refractivity contribution in [3.8, 4) is 17.4 Å². The highest BCUT2D eigenvalue weighted by Crippen LogP contribution is 2.32. The third-order valence-corrected chi connectivity index (χ3v) is 4.87. The Balaban J connectivity index is 1.28. The summed E-state index contributed by atoms with van der Waals surface area (Å²) >= 11 is 0. The lowest BCUT2D eigenvalue weighted by molar-refractivity contribution is 0.174. The van der Waals surface area contributed by atoms with Crippen molar-refractivity contribution in [1.82, 2.24) is 15.6 Å². The van der Waals surface area contributed by atoms with Gasteiger partial charge in [-0.05, 0) is 61.4 Å². The number of hydrogen-bond donors (Lipinski definition) is 2. The number of ether oxygens (including phenoxy) is 3. The highest BCUT2D eigenvalue weighted by atomic mass is 16.7. The fraction of sp³-hybridized carbons (Fsp3) is 0.455. The molecule has 2 aromatic rings. The van der Waals surface area contributed by atoms with Crippen LogP contribution in [0.15, 0.2) is 41.5 Å². The Hall–Kier alpha value is -2.96. The van der Waals surface area contributed by atoms with Crippen LogP contribution in [0.1, 0.15) is 30.9 Å². The van der Waals surface area contributed by atoms with E-state index in [0.29, 0.717) is 25.1 Å². The molecule has 1 aromatic heterocycles. The fourth-order valence-electron chi connectivity index (χ4n) is 3.05. The van der Waals surface area contributed by atoms with E-state index in [1.54, 1.807) is 6.20 Å². The fourth-order valence-corrected chi connectivity index (χ4v) is 3.05. The largest absolute Gasteiger partial charge is 0.477 e. The van der Waals surface area contributed by atoms with Crippen LogP contribution in [0.3, 0.4) is 0 Å². The molecule has 0 atom stereocenters. The molecule has 0 amide bonds. The van der Waals surface area contributed by atoms with E-state index >= 15 is 0 Å². The molecule has 7 nitrogen and oxygen atoms in total. The molecule has 0 spiro atoms. The van der Waals surface area contributed by atoms with E-state index in [0.717, 1.165) is 49.1 Å². The number of hydrogen-bond acceptors (Lipinski definition) is 5. The van der Waals surface area contributed by atoms with Crippen LogP contribution < -0.4 is 24.8 Å². The first-order valence-electron chi connectivity index (χ1n) is 10.3. The maximum atomic E-state index is 5.76. The summed E-state index contributed by atoms with van der Waals surface area (Å²) in [5.74, 6) is 3.83. The second kappa shape index (κ2) is 9.49. The molecule has 2 heterocycles. The molecule has 1 saturated carbocycles. The number of nitrogens with one attached hydrogen (secondary N) is 2. The maximum Gasteiger partial charge on any atom is 0.231 e. The molecule has 1 aliphatic carbocycles. The van der Waals surface area contributed by atoms with Gasteiger partial charge in [-0.2, -0.15) is 0 Å². The van der Waals surface area contributed by atoms with Gasteiger partial charge in [-0.25, -0.2) is 9.98 Å². The molecule has 1 aromatic carbocycles. The van der Waals surface area contributed by atoms with Crippen molar-refractivity contribution in [2.75, 3.05) is 26.5 Å². The van der Waals surface area contributed by atoms with Gasteiger partial charge in [0, 0.05) is 25.4 Å². The van der Waals surface area contributed by atoms with Crippen molar-refractivity contribution in [2.24, 2.45) is 10.9 Å². The average molecular weight is 396 g/mol. The van der Waals surface area contributed by atoms with Gasteiger partial charge in [-0.1, -0.05) is 6.07 Å². The molecular weight excluding hydrogens is 368 g/mol. The van der Waals surface area contributed by atoms with E-state index < -0.39 is 0 Å². The molecule has 2 aliphatic rings. The Labute approximate surface area is 171 Å². The summed E-state index contributed by atoms with van der Waals surface area (Å²) in [7, 11) is 0. The molecule has 0 radical (unpaired) electrons. The number of aliphatic imine (C=N–C) groups is 1. The first kappa shape index (κ1) is 19.4. The summed E-state index contributed by atoms with van der Waals surface area (Å²) in [5, 5.41) is 6.68. The molecule has 154 valence electrons. The third kappa shape index (κ3) is 5.76. The van der Waals surface area contributed by atoms with Crippen molar-refractivity contribution in [2.45, 2.75) is 32.7 Å². The Bertz CT molecular complexity index is 852. The van der Waals surface area contributed by atoms with E-state index in [1.165, 1.54) is 18.4 Å². The summed E-state index contributed by atoms with van der Waals surface area (Å²) in [4.78, 5) is 8.98.